The third-order valence-corrected chi connectivity index (χ3v) is 12.8. The van der Waals surface area contributed by atoms with Crippen LogP contribution in [0.5, 0.6) is 0 Å². The molecule has 1 saturated carbocycles. The van der Waals surface area contributed by atoms with E-state index in [0.717, 1.165) is 50.5 Å². The number of fused-ring (bicyclic) bond motifs is 5. The lowest BCUT2D eigenvalue weighted by atomic mass is 9.70. The molecule has 0 radical (unpaired) electrons. The van der Waals surface area contributed by atoms with Crippen LogP contribution in [-0.4, -0.2) is 112 Å². The fourth-order valence-corrected chi connectivity index (χ4v) is 10.00. The third kappa shape index (κ3) is 8.10. The minimum atomic E-state index is -0.870. The van der Waals surface area contributed by atoms with Gasteiger partial charge in [0.2, 0.25) is 0 Å². The highest BCUT2D eigenvalue weighted by Crippen LogP contribution is 2.54. The molecule has 0 amide bonds. The first-order valence-corrected chi connectivity index (χ1v) is 19.4. The number of allylic oxidation sites excluding steroid dienone is 4. The Balaban J connectivity index is 1.21. The van der Waals surface area contributed by atoms with Crippen molar-refractivity contribution in [2.24, 2.45) is 35.5 Å². The molecule has 11 heteroatoms. The van der Waals surface area contributed by atoms with E-state index in [9.17, 15) is 14.4 Å². The summed E-state index contributed by atoms with van der Waals surface area (Å²) in [5.74, 6) is -0.433. The molecule has 6 rings (SSSR count). The van der Waals surface area contributed by atoms with Crippen LogP contribution in [0.25, 0.3) is 0 Å². The van der Waals surface area contributed by atoms with E-state index >= 15 is 0 Å². The van der Waals surface area contributed by atoms with E-state index in [4.69, 9.17) is 33.2 Å². The quantitative estimate of drug-likeness (QED) is 0.249. The second kappa shape index (κ2) is 16.6. The molecule has 51 heavy (non-hydrogen) atoms. The first-order valence-electron chi connectivity index (χ1n) is 19.4. The van der Waals surface area contributed by atoms with Crippen LogP contribution in [0.15, 0.2) is 23.8 Å². The molecule has 0 N–H and O–H groups in total. The van der Waals surface area contributed by atoms with Gasteiger partial charge in [-0.15, -0.1) is 0 Å². The maximum atomic E-state index is 14.6. The number of carbonyl (C=O) groups is 3. The number of likely N-dealkylation sites (N-methyl/N-ethyl adjacent to an activating group) is 1. The molecule has 11 nitrogen and oxygen atoms in total. The average molecular weight is 716 g/mol. The number of hydrogen-bond donors (Lipinski definition) is 0. The summed E-state index contributed by atoms with van der Waals surface area (Å²) in [6.45, 7) is 7.96. The Morgan fingerprint density at radius 3 is 2.31 bits per heavy atom. The summed E-state index contributed by atoms with van der Waals surface area (Å²) in [6.07, 6.45) is 9.30. The van der Waals surface area contributed by atoms with Crippen LogP contribution < -0.4 is 0 Å². The van der Waals surface area contributed by atoms with Crippen molar-refractivity contribution in [3.05, 3.63) is 23.8 Å². The zero-order valence-electron chi connectivity index (χ0n) is 31.9. The predicted molar refractivity (Wildman–Crippen MR) is 188 cm³/mol. The largest absolute Gasteiger partial charge is 0.462 e. The van der Waals surface area contributed by atoms with E-state index in [0.29, 0.717) is 12.5 Å². The SMILES string of the molecule is CC[C@H]1CCC[C@@H](O[C@H]2CC[C@H](N(C)C)[C@@H](C)O2)[C@@H](C)C(=O)C2=C[C@@H]3[C@@H](C=C[C@@H]4C[C@@H](O[C@@H]5O[C@@H](C)[C@H](OC)C(=O)[C@H]5OC)C[C@@H]34)[C@@H]2CC(=O)O1. The molecular weight excluding hydrogens is 654 g/mol. The number of nitrogens with zero attached hydrogens (tertiary/aromatic N) is 1. The van der Waals surface area contributed by atoms with Crippen molar-refractivity contribution in [3.63, 3.8) is 0 Å². The van der Waals surface area contributed by atoms with Crippen molar-refractivity contribution in [1.29, 1.82) is 0 Å². The first kappa shape index (κ1) is 38.7. The molecule has 3 heterocycles. The Morgan fingerprint density at radius 1 is 0.863 bits per heavy atom. The molecule has 0 unspecified atom stereocenters. The predicted octanol–water partition coefficient (Wildman–Crippen LogP) is 5.04. The molecular formula is C40H61NO10. The van der Waals surface area contributed by atoms with Gasteiger partial charge in [-0.25, -0.2) is 0 Å². The van der Waals surface area contributed by atoms with E-state index in [-0.39, 0.29) is 90.2 Å². The molecule has 3 aliphatic heterocycles. The molecule has 0 aromatic carbocycles. The van der Waals surface area contributed by atoms with Gasteiger partial charge in [0, 0.05) is 32.1 Å². The highest BCUT2D eigenvalue weighted by Gasteiger charge is 2.52. The van der Waals surface area contributed by atoms with E-state index in [1.807, 2.05) is 13.8 Å². The zero-order chi connectivity index (χ0) is 36.6. The van der Waals surface area contributed by atoms with Gasteiger partial charge in [0.1, 0.15) is 12.2 Å². The summed E-state index contributed by atoms with van der Waals surface area (Å²) in [7, 11) is 7.15. The minimum Gasteiger partial charge on any atom is -0.462 e. The Bertz CT molecular complexity index is 1320. The number of ketones is 2. The van der Waals surface area contributed by atoms with Gasteiger partial charge < -0.3 is 38.1 Å². The van der Waals surface area contributed by atoms with Crippen molar-refractivity contribution in [2.75, 3.05) is 28.3 Å². The molecule has 3 saturated heterocycles. The zero-order valence-corrected chi connectivity index (χ0v) is 31.9. The van der Waals surface area contributed by atoms with E-state index in [2.05, 4.69) is 51.1 Å². The van der Waals surface area contributed by atoms with Crippen LogP contribution in [0.3, 0.4) is 0 Å². The number of hydrogen-bond acceptors (Lipinski definition) is 11. The van der Waals surface area contributed by atoms with Gasteiger partial charge >= 0.3 is 5.97 Å². The molecule has 0 aromatic rings. The Labute approximate surface area is 304 Å². The van der Waals surface area contributed by atoms with Gasteiger partial charge in [-0.3, -0.25) is 14.4 Å². The second-order valence-electron chi connectivity index (χ2n) is 16.1. The summed E-state index contributed by atoms with van der Waals surface area (Å²) in [5.41, 5.74) is 0.733. The normalized spacial score (nSPS) is 45.0. The standard InChI is InChI=1S/C40H61NO10/c1-9-25-11-10-12-33(51-35-16-15-32(41(5)6)22(3)47-35)21(2)36(43)31-19-29-27(30(31)20-34(42)49-25)14-13-24-17-26(18-28(24)29)50-40-39(46-8)37(44)38(45-7)23(4)48-40/h13-14,19,21-30,32-33,35,38-40H,9-12,15-18,20H2,1-8H3/t21-,22-,23+,24-,25+,26-,27-,28-,29-,30+,32+,33-,35+,38+,39-,40+/m1/s1. The highest BCUT2D eigenvalue weighted by atomic mass is 16.7. The molecule has 0 aromatic heterocycles. The summed E-state index contributed by atoms with van der Waals surface area (Å²) in [5, 5.41) is 0. The number of ether oxygens (including phenoxy) is 7. The Kier molecular flexibility index (Phi) is 12.6. The number of esters is 1. The van der Waals surface area contributed by atoms with E-state index in [1.54, 1.807) is 0 Å². The summed E-state index contributed by atoms with van der Waals surface area (Å²) >= 11 is 0. The van der Waals surface area contributed by atoms with Crippen molar-refractivity contribution in [3.8, 4) is 0 Å². The van der Waals surface area contributed by atoms with Crippen LogP contribution >= 0.6 is 0 Å². The van der Waals surface area contributed by atoms with Gasteiger partial charge in [0.15, 0.2) is 30.3 Å². The number of cyclic esters (lactones) is 1. The molecule has 16 atom stereocenters. The summed E-state index contributed by atoms with van der Waals surface area (Å²) < 4.78 is 42.6. The van der Waals surface area contributed by atoms with Crippen molar-refractivity contribution in [1.82, 2.24) is 4.90 Å². The van der Waals surface area contributed by atoms with Crippen LogP contribution in [0.1, 0.15) is 85.5 Å². The fourth-order valence-electron chi connectivity index (χ4n) is 10.00. The van der Waals surface area contributed by atoms with Crippen molar-refractivity contribution >= 4 is 17.5 Å². The number of rotatable bonds is 8. The smallest absolute Gasteiger partial charge is 0.306 e. The first-order chi connectivity index (χ1) is 24.4. The number of carbonyl (C=O) groups excluding carboxylic acids is 3. The summed E-state index contributed by atoms with van der Waals surface area (Å²) in [6, 6.07) is 0.330. The van der Waals surface area contributed by atoms with Gasteiger partial charge in [0.25, 0.3) is 0 Å². The summed E-state index contributed by atoms with van der Waals surface area (Å²) in [4.78, 5) is 43.3. The fraction of sp³-hybridized carbons (Fsp3) is 0.825. The second-order valence-corrected chi connectivity index (χ2v) is 16.1. The monoisotopic (exact) mass is 715 g/mol. The molecule has 0 bridgehead atoms. The number of methoxy groups -OCH3 is 2. The Hall–Kier alpha value is -1.99. The number of Topliss-reactive ketones (excluding diaryl/α,β-unsaturated/α-hetero) is 2. The van der Waals surface area contributed by atoms with Gasteiger partial charge in [-0.1, -0.05) is 32.1 Å². The highest BCUT2D eigenvalue weighted by molar-refractivity contribution is 5.99. The van der Waals surface area contributed by atoms with Crippen LogP contribution in [0.4, 0.5) is 0 Å². The van der Waals surface area contributed by atoms with E-state index < -0.39 is 24.6 Å². The van der Waals surface area contributed by atoms with Gasteiger partial charge in [-0.05, 0) is 109 Å². The molecule has 286 valence electrons. The van der Waals surface area contributed by atoms with Gasteiger partial charge in [0.05, 0.1) is 30.8 Å². The third-order valence-electron chi connectivity index (χ3n) is 12.8. The molecule has 3 aliphatic carbocycles. The van der Waals surface area contributed by atoms with Crippen LogP contribution in [0.2, 0.25) is 0 Å². The molecule has 4 fully saturated rings. The van der Waals surface area contributed by atoms with E-state index in [1.165, 1.54) is 14.2 Å². The maximum Gasteiger partial charge on any atom is 0.306 e. The Morgan fingerprint density at radius 2 is 1.63 bits per heavy atom. The molecule has 6 aliphatic rings. The average Bonchev–Trinajstić information content (AvgIpc) is 3.67. The lowest BCUT2D eigenvalue weighted by Crippen LogP contribution is -2.56. The van der Waals surface area contributed by atoms with Crippen LogP contribution in [0, 0.1) is 35.5 Å². The van der Waals surface area contributed by atoms with Crippen LogP contribution in [-0.2, 0) is 47.5 Å². The van der Waals surface area contributed by atoms with Gasteiger partial charge in [-0.2, -0.15) is 0 Å². The lowest BCUT2D eigenvalue weighted by molar-refractivity contribution is -0.266. The topological polar surface area (TPSA) is 119 Å². The lowest BCUT2D eigenvalue weighted by Gasteiger charge is -2.40. The van der Waals surface area contributed by atoms with Crippen molar-refractivity contribution in [2.45, 2.75) is 147 Å². The van der Waals surface area contributed by atoms with Crippen molar-refractivity contribution < 1.29 is 47.5 Å². The minimum absolute atomic E-state index is 0.0123. The maximum absolute atomic E-state index is 14.6. The molecule has 0 spiro atoms.